The second kappa shape index (κ2) is 7.56. The molecule has 28 heavy (non-hydrogen) atoms. The zero-order valence-corrected chi connectivity index (χ0v) is 17.4. The number of carbonyl (C=O) groups excluding carboxylic acids is 2. The van der Waals surface area contributed by atoms with Gasteiger partial charge in [-0.25, -0.2) is 0 Å². The normalized spacial score (nSPS) is 22.7. The molecule has 144 valence electrons. The van der Waals surface area contributed by atoms with E-state index in [-0.39, 0.29) is 22.3 Å². The molecule has 4 rings (SSSR count). The summed E-state index contributed by atoms with van der Waals surface area (Å²) in [4.78, 5) is 30.3. The lowest BCUT2D eigenvalue weighted by molar-refractivity contribution is -0.126. The zero-order valence-electron chi connectivity index (χ0n) is 15.8. The SMILES string of the molecule is COc1ccc2c(c1)SC(C1S/C(=C/C(=O)c3ccccc3)N(C)C1=O)N2C. The molecule has 1 saturated heterocycles. The number of hydrogen-bond acceptors (Lipinski definition) is 6. The molecule has 5 nitrogen and oxygen atoms in total. The highest BCUT2D eigenvalue weighted by Crippen LogP contribution is 2.50. The first-order valence-corrected chi connectivity index (χ1v) is 10.6. The first kappa shape index (κ1) is 19.0. The van der Waals surface area contributed by atoms with Gasteiger partial charge in [0.1, 0.15) is 16.4 Å². The highest BCUT2D eigenvalue weighted by atomic mass is 32.2. The van der Waals surface area contributed by atoms with Gasteiger partial charge in [0.05, 0.1) is 17.8 Å². The Hall–Kier alpha value is -2.38. The smallest absolute Gasteiger partial charge is 0.243 e. The molecule has 0 aliphatic carbocycles. The van der Waals surface area contributed by atoms with E-state index in [0.29, 0.717) is 10.6 Å². The van der Waals surface area contributed by atoms with Crippen molar-refractivity contribution in [3.63, 3.8) is 0 Å². The number of carbonyl (C=O) groups is 2. The van der Waals surface area contributed by atoms with Crippen molar-refractivity contribution < 1.29 is 14.3 Å². The minimum atomic E-state index is -0.284. The first-order chi connectivity index (χ1) is 13.5. The summed E-state index contributed by atoms with van der Waals surface area (Å²) < 4.78 is 5.32. The van der Waals surface area contributed by atoms with Crippen molar-refractivity contribution in [3.8, 4) is 5.75 Å². The lowest BCUT2D eigenvalue weighted by Gasteiger charge is -2.24. The van der Waals surface area contributed by atoms with Crippen LogP contribution < -0.4 is 9.64 Å². The van der Waals surface area contributed by atoms with Crippen LogP contribution in [0.1, 0.15) is 10.4 Å². The summed E-state index contributed by atoms with van der Waals surface area (Å²) in [5.41, 5.74) is 1.71. The van der Waals surface area contributed by atoms with Gasteiger partial charge in [0.15, 0.2) is 5.78 Å². The summed E-state index contributed by atoms with van der Waals surface area (Å²) in [5.74, 6) is 0.724. The van der Waals surface area contributed by atoms with Crippen LogP contribution in [-0.4, -0.2) is 48.4 Å². The number of ether oxygens (including phenoxy) is 1. The van der Waals surface area contributed by atoms with Gasteiger partial charge in [-0.05, 0) is 18.2 Å². The summed E-state index contributed by atoms with van der Waals surface area (Å²) in [5, 5.41) is 0.361. The van der Waals surface area contributed by atoms with Crippen LogP contribution >= 0.6 is 23.5 Å². The minimum Gasteiger partial charge on any atom is -0.497 e. The Morgan fingerprint density at radius 2 is 1.86 bits per heavy atom. The third kappa shape index (κ3) is 3.29. The summed E-state index contributed by atoms with van der Waals surface area (Å²) in [7, 11) is 5.38. The quantitative estimate of drug-likeness (QED) is 0.561. The number of rotatable bonds is 4. The lowest BCUT2D eigenvalue weighted by atomic mass is 10.1. The van der Waals surface area contributed by atoms with Crippen molar-refractivity contribution >= 4 is 40.9 Å². The average molecular weight is 413 g/mol. The fraction of sp³-hybridized carbons (Fsp3) is 0.238. The average Bonchev–Trinajstić information content (AvgIpc) is 3.19. The number of anilines is 1. The van der Waals surface area contributed by atoms with Gasteiger partial charge >= 0.3 is 0 Å². The van der Waals surface area contributed by atoms with Gasteiger partial charge in [-0.3, -0.25) is 9.59 Å². The molecule has 0 aromatic heterocycles. The second-order valence-corrected chi connectivity index (χ2v) is 8.92. The number of ketones is 1. The first-order valence-electron chi connectivity index (χ1n) is 8.82. The molecule has 0 radical (unpaired) electrons. The fourth-order valence-electron chi connectivity index (χ4n) is 3.29. The van der Waals surface area contributed by atoms with E-state index in [0.717, 1.165) is 16.3 Å². The van der Waals surface area contributed by atoms with E-state index >= 15 is 0 Å². The van der Waals surface area contributed by atoms with Crippen molar-refractivity contribution in [1.29, 1.82) is 0 Å². The third-order valence-corrected chi connectivity index (χ3v) is 7.83. The molecule has 1 amide bonds. The molecular formula is C21H20N2O3S2. The largest absolute Gasteiger partial charge is 0.497 e. The maximum absolute atomic E-state index is 12.9. The van der Waals surface area contributed by atoms with Crippen LogP contribution in [0.3, 0.4) is 0 Å². The van der Waals surface area contributed by atoms with Crippen molar-refractivity contribution in [2.45, 2.75) is 15.5 Å². The van der Waals surface area contributed by atoms with Crippen molar-refractivity contribution in [2.75, 3.05) is 26.1 Å². The Balaban J connectivity index is 1.56. The molecule has 2 aliphatic heterocycles. The lowest BCUT2D eigenvalue weighted by Crippen LogP contribution is -2.39. The molecule has 0 spiro atoms. The van der Waals surface area contributed by atoms with Gasteiger partial charge in [0.2, 0.25) is 5.91 Å². The second-order valence-electron chi connectivity index (χ2n) is 6.60. The molecule has 2 aromatic carbocycles. The Morgan fingerprint density at radius 3 is 2.57 bits per heavy atom. The number of amides is 1. The number of thioether (sulfide) groups is 2. The maximum atomic E-state index is 12.9. The number of benzene rings is 2. The Bertz CT molecular complexity index is 961. The van der Waals surface area contributed by atoms with E-state index in [2.05, 4.69) is 4.90 Å². The number of nitrogens with zero attached hydrogens (tertiary/aromatic N) is 2. The highest BCUT2D eigenvalue weighted by Gasteiger charge is 2.45. The van der Waals surface area contributed by atoms with Crippen LogP contribution in [0.25, 0.3) is 0 Å². The van der Waals surface area contributed by atoms with Crippen LogP contribution in [0.4, 0.5) is 5.69 Å². The Morgan fingerprint density at radius 1 is 1.11 bits per heavy atom. The number of methoxy groups -OCH3 is 1. The Labute approximate surface area is 172 Å². The van der Waals surface area contributed by atoms with Gasteiger partial charge < -0.3 is 14.5 Å². The zero-order chi connectivity index (χ0) is 19.8. The molecule has 0 bridgehead atoms. The van der Waals surface area contributed by atoms with Crippen LogP contribution in [0.15, 0.2) is 64.5 Å². The molecule has 2 aromatic rings. The van der Waals surface area contributed by atoms with Gasteiger partial charge in [-0.2, -0.15) is 0 Å². The molecule has 2 heterocycles. The standard InChI is InChI=1S/C21H20N2O3S2/c1-22-15-10-9-14(26-3)11-17(15)27-21(22)19-20(25)23(2)18(28-19)12-16(24)13-7-5-4-6-8-13/h4-12,19,21H,1-3H3/b18-12+. The van der Waals surface area contributed by atoms with Gasteiger partial charge in [-0.15, -0.1) is 0 Å². The molecule has 0 N–H and O–H groups in total. The van der Waals surface area contributed by atoms with Gasteiger partial charge in [0, 0.05) is 30.6 Å². The van der Waals surface area contributed by atoms with Crippen LogP contribution in [0, 0.1) is 0 Å². The molecule has 2 atom stereocenters. The predicted octanol–water partition coefficient (Wildman–Crippen LogP) is 3.86. The van der Waals surface area contributed by atoms with E-state index in [1.807, 2.05) is 43.4 Å². The molecule has 2 unspecified atom stereocenters. The molecule has 1 fully saturated rings. The highest BCUT2D eigenvalue weighted by molar-refractivity contribution is 8.07. The van der Waals surface area contributed by atoms with E-state index in [9.17, 15) is 9.59 Å². The van der Waals surface area contributed by atoms with Crippen LogP contribution in [0.5, 0.6) is 5.75 Å². The van der Waals surface area contributed by atoms with Crippen LogP contribution in [0.2, 0.25) is 0 Å². The molecule has 0 saturated carbocycles. The van der Waals surface area contributed by atoms with E-state index in [4.69, 9.17) is 4.74 Å². The van der Waals surface area contributed by atoms with Crippen LogP contribution in [-0.2, 0) is 4.79 Å². The topological polar surface area (TPSA) is 49.9 Å². The van der Waals surface area contributed by atoms with E-state index in [1.165, 1.54) is 11.8 Å². The summed E-state index contributed by atoms with van der Waals surface area (Å²) >= 11 is 3.11. The summed E-state index contributed by atoms with van der Waals surface area (Å²) in [6, 6.07) is 15.1. The molecule has 2 aliphatic rings. The van der Waals surface area contributed by atoms with Gasteiger partial charge in [-0.1, -0.05) is 53.9 Å². The summed E-state index contributed by atoms with van der Waals surface area (Å²) in [6.07, 6.45) is 1.56. The number of allylic oxidation sites excluding steroid dienone is 1. The van der Waals surface area contributed by atoms with E-state index < -0.39 is 0 Å². The summed E-state index contributed by atoms with van der Waals surface area (Å²) in [6.45, 7) is 0. The van der Waals surface area contributed by atoms with Crippen molar-refractivity contribution in [2.24, 2.45) is 0 Å². The predicted molar refractivity (Wildman–Crippen MR) is 114 cm³/mol. The molecular weight excluding hydrogens is 392 g/mol. The third-order valence-electron chi connectivity index (χ3n) is 4.90. The number of fused-ring (bicyclic) bond motifs is 1. The van der Waals surface area contributed by atoms with E-state index in [1.54, 1.807) is 49.0 Å². The fourth-order valence-corrected chi connectivity index (χ4v) is 6.15. The molecule has 7 heteroatoms. The minimum absolute atomic E-state index is 0.0150. The number of hydrogen-bond donors (Lipinski definition) is 0. The van der Waals surface area contributed by atoms with Gasteiger partial charge in [0.25, 0.3) is 0 Å². The van der Waals surface area contributed by atoms with Crippen molar-refractivity contribution in [1.82, 2.24) is 4.90 Å². The van der Waals surface area contributed by atoms with Crippen molar-refractivity contribution in [3.05, 3.63) is 65.2 Å². The Kier molecular flexibility index (Phi) is 5.12. The maximum Gasteiger partial charge on any atom is 0.243 e. The monoisotopic (exact) mass is 412 g/mol.